The standard InChI is InChI=1S/C25H34F2N6O2/c1-23(2,3)35-22(34)32-18(11-16-5-9-25(26,27)10-6-16)19-14-33-20(31-19)12-17(13-30-33)21(29)24(15-28)7-4-8-24/h12-14,16,18,21H,4-11,29H2,1-3H3,(H,32,34)/t18-,21-/m0/s1. The Bertz CT molecular complexity index is 1110. The summed E-state index contributed by atoms with van der Waals surface area (Å²) in [5, 5.41) is 17.0. The van der Waals surface area contributed by atoms with Gasteiger partial charge in [0.15, 0.2) is 5.65 Å². The highest BCUT2D eigenvalue weighted by molar-refractivity contribution is 5.68. The number of alkyl halides is 2. The number of nitriles is 1. The van der Waals surface area contributed by atoms with Crippen LogP contribution in [-0.4, -0.2) is 32.2 Å². The molecular weight excluding hydrogens is 454 g/mol. The molecule has 0 aliphatic heterocycles. The van der Waals surface area contributed by atoms with E-state index in [1.807, 2.05) is 6.07 Å². The Morgan fingerprint density at radius 2 is 2.03 bits per heavy atom. The zero-order valence-electron chi connectivity index (χ0n) is 20.6. The number of halogens is 2. The molecule has 0 bridgehead atoms. The summed E-state index contributed by atoms with van der Waals surface area (Å²) in [6.45, 7) is 5.33. The average molecular weight is 489 g/mol. The molecule has 0 radical (unpaired) electrons. The van der Waals surface area contributed by atoms with Crippen LogP contribution in [0.2, 0.25) is 0 Å². The first kappa shape index (κ1) is 25.3. The fraction of sp³-hybridized carbons (Fsp3) is 0.680. The van der Waals surface area contributed by atoms with E-state index in [1.165, 1.54) is 0 Å². The summed E-state index contributed by atoms with van der Waals surface area (Å²) >= 11 is 0. The summed E-state index contributed by atoms with van der Waals surface area (Å²) in [4.78, 5) is 17.3. The van der Waals surface area contributed by atoms with Gasteiger partial charge in [0.05, 0.1) is 41.7 Å². The normalized spacial score (nSPS) is 21.5. The second-order valence-corrected chi connectivity index (χ2v) is 11.1. The van der Waals surface area contributed by atoms with E-state index in [2.05, 4.69) is 16.5 Å². The fourth-order valence-electron chi connectivity index (χ4n) is 4.99. The molecular formula is C25H34F2N6O2. The highest BCUT2D eigenvalue weighted by atomic mass is 19.3. The molecule has 2 aliphatic rings. The molecule has 2 fully saturated rings. The Morgan fingerprint density at radius 3 is 2.60 bits per heavy atom. The lowest BCUT2D eigenvalue weighted by Gasteiger charge is -2.40. The Labute approximate surface area is 204 Å². The van der Waals surface area contributed by atoms with Crippen LogP contribution < -0.4 is 11.1 Å². The van der Waals surface area contributed by atoms with E-state index in [0.29, 0.717) is 30.6 Å². The van der Waals surface area contributed by atoms with Crippen molar-refractivity contribution in [2.24, 2.45) is 17.1 Å². The number of hydrogen-bond acceptors (Lipinski definition) is 6. The summed E-state index contributed by atoms with van der Waals surface area (Å²) in [5.74, 6) is -2.58. The molecule has 1 amide bonds. The number of nitrogens with one attached hydrogen (secondary N) is 1. The van der Waals surface area contributed by atoms with Crippen molar-refractivity contribution in [3.8, 4) is 6.07 Å². The first-order chi connectivity index (χ1) is 16.4. The van der Waals surface area contributed by atoms with Crippen LogP contribution in [0.4, 0.5) is 13.6 Å². The Hall–Kier alpha value is -2.80. The molecule has 0 unspecified atom stereocenters. The largest absolute Gasteiger partial charge is 0.444 e. The van der Waals surface area contributed by atoms with Gasteiger partial charge in [-0.1, -0.05) is 6.42 Å². The number of amides is 1. The maximum Gasteiger partial charge on any atom is 0.408 e. The molecule has 35 heavy (non-hydrogen) atoms. The molecule has 8 nitrogen and oxygen atoms in total. The van der Waals surface area contributed by atoms with Crippen LogP contribution in [0, 0.1) is 22.7 Å². The minimum absolute atomic E-state index is 0.0328. The molecule has 2 aliphatic carbocycles. The number of imidazole rings is 1. The molecule has 0 saturated heterocycles. The predicted molar refractivity (Wildman–Crippen MR) is 125 cm³/mol. The Morgan fingerprint density at radius 1 is 1.34 bits per heavy atom. The van der Waals surface area contributed by atoms with Gasteiger partial charge < -0.3 is 15.8 Å². The molecule has 2 aromatic rings. The van der Waals surface area contributed by atoms with E-state index in [0.717, 1.165) is 24.8 Å². The lowest BCUT2D eigenvalue weighted by atomic mass is 9.64. The summed E-state index contributed by atoms with van der Waals surface area (Å²) in [7, 11) is 0. The van der Waals surface area contributed by atoms with Crippen LogP contribution in [0.1, 0.15) is 95.5 Å². The van der Waals surface area contributed by atoms with E-state index in [4.69, 9.17) is 15.5 Å². The number of ether oxygens (including phenoxy) is 1. The topological polar surface area (TPSA) is 118 Å². The third-order valence-corrected chi connectivity index (χ3v) is 7.24. The highest BCUT2D eigenvalue weighted by Gasteiger charge is 2.44. The second-order valence-electron chi connectivity index (χ2n) is 11.1. The van der Waals surface area contributed by atoms with Gasteiger partial charge in [-0.15, -0.1) is 0 Å². The Balaban J connectivity index is 1.57. The van der Waals surface area contributed by atoms with Crippen LogP contribution >= 0.6 is 0 Å². The molecule has 2 saturated carbocycles. The van der Waals surface area contributed by atoms with Gasteiger partial charge in [0.1, 0.15) is 5.60 Å². The van der Waals surface area contributed by atoms with Gasteiger partial charge in [-0.25, -0.2) is 23.1 Å². The SMILES string of the molecule is CC(C)(C)OC(=O)N[C@@H](CC1CCC(F)(F)CC1)c1cn2ncc([C@H](N)C3(C#N)CCC3)cc2n1. The smallest absolute Gasteiger partial charge is 0.408 e. The van der Waals surface area contributed by atoms with Gasteiger partial charge in [-0.3, -0.25) is 0 Å². The van der Waals surface area contributed by atoms with Gasteiger partial charge in [0, 0.05) is 12.8 Å². The van der Waals surface area contributed by atoms with Crippen molar-refractivity contribution in [2.75, 3.05) is 0 Å². The summed E-state index contributed by atoms with van der Waals surface area (Å²) < 4.78 is 34.4. The predicted octanol–water partition coefficient (Wildman–Crippen LogP) is 5.20. The van der Waals surface area contributed by atoms with Gasteiger partial charge in [-0.05, 0) is 70.4 Å². The molecule has 0 aromatic carbocycles. The zero-order chi connectivity index (χ0) is 25.4. The molecule has 3 N–H and O–H groups in total. The molecule has 10 heteroatoms. The summed E-state index contributed by atoms with van der Waals surface area (Å²) in [5.41, 5.74) is 7.05. The van der Waals surface area contributed by atoms with E-state index < -0.39 is 35.1 Å². The van der Waals surface area contributed by atoms with Gasteiger partial charge >= 0.3 is 6.09 Å². The van der Waals surface area contributed by atoms with E-state index in [-0.39, 0.29) is 18.8 Å². The number of nitrogens with two attached hydrogens (primary N) is 1. The van der Waals surface area contributed by atoms with Crippen molar-refractivity contribution in [1.29, 1.82) is 5.26 Å². The molecule has 2 atom stereocenters. The number of hydrogen-bond donors (Lipinski definition) is 2. The number of aromatic nitrogens is 3. The number of fused-ring (bicyclic) bond motifs is 1. The van der Waals surface area contributed by atoms with E-state index >= 15 is 0 Å². The number of nitrogens with zero attached hydrogens (tertiary/aromatic N) is 4. The highest BCUT2D eigenvalue weighted by Crippen LogP contribution is 2.48. The van der Waals surface area contributed by atoms with Crippen molar-refractivity contribution in [2.45, 2.75) is 95.7 Å². The third-order valence-electron chi connectivity index (χ3n) is 7.24. The van der Waals surface area contributed by atoms with Crippen LogP contribution in [0.15, 0.2) is 18.5 Å². The van der Waals surface area contributed by atoms with E-state index in [9.17, 15) is 18.8 Å². The molecule has 4 rings (SSSR count). The van der Waals surface area contributed by atoms with Crippen LogP contribution in [-0.2, 0) is 4.74 Å². The second kappa shape index (κ2) is 9.34. The fourth-order valence-corrected chi connectivity index (χ4v) is 4.99. The van der Waals surface area contributed by atoms with Crippen molar-refractivity contribution < 1.29 is 18.3 Å². The Kier molecular flexibility index (Phi) is 6.75. The van der Waals surface area contributed by atoms with Crippen LogP contribution in [0.5, 0.6) is 0 Å². The minimum atomic E-state index is -2.62. The monoisotopic (exact) mass is 488 g/mol. The van der Waals surface area contributed by atoms with Crippen molar-refractivity contribution in [1.82, 2.24) is 19.9 Å². The molecule has 2 aromatic heterocycles. The van der Waals surface area contributed by atoms with Gasteiger partial charge in [0.2, 0.25) is 5.92 Å². The quantitative estimate of drug-likeness (QED) is 0.577. The van der Waals surface area contributed by atoms with Crippen molar-refractivity contribution in [3.63, 3.8) is 0 Å². The number of rotatable bonds is 6. The first-order valence-corrected chi connectivity index (χ1v) is 12.3. The zero-order valence-corrected chi connectivity index (χ0v) is 20.6. The van der Waals surface area contributed by atoms with Crippen molar-refractivity contribution >= 4 is 11.7 Å². The summed E-state index contributed by atoms with van der Waals surface area (Å²) in [6, 6.07) is 3.23. The minimum Gasteiger partial charge on any atom is -0.444 e. The maximum absolute atomic E-state index is 13.7. The summed E-state index contributed by atoms with van der Waals surface area (Å²) in [6.07, 6.45) is 6.26. The lowest BCUT2D eigenvalue weighted by molar-refractivity contribution is -0.0476. The number of carbonyl (C=O) groups excluding carboxylic acids is 1. The molecule has 190 valence electrons. The first-order valence-electron chi connectivity index (χ1n) is 12.3. The average Bonchev–Trinajstić information content (AvgIpc) is 3.16. The van der Waals surface area contributed by atoms with Gasteiger partial charge in [-0.2, -0.15) is 10.4 Å². The number of alkyl carbamates (subject to hydrolysis) is 1. The van der Waals surface area contributed by atoms with E-state index in [1.54, 1.807) is 37.7 Å². The van der Waals surface area contributed by atoms with Crippen LogP contribution in [0.25, 0.3) is 5.65 Å². The molecule has 0 spiro atoms. The maximum atomic E-state index is 13.7. The van der Waals surface area contributed by atoms with Crippen LogP contribution in [0.3, 0.4) is 0 Å². The van der Waals surface area contributed by atoms with Crippen molar-refractivity contribution in [3.05, 3.63) is 29.7 Å². The van der Waals surface area contributed by atoms with Gasteiger partial charge in [0.25, 0.3) is 0 Å². The number of carbonyl (C=O) groups is 1. The lowest BCUT2D eigenvalue weighted by Crippen LogP contribution is -2.39. The third kappa shape index (κ3) is 5.72. The molecule has 2 heterocycles.